The third kappa shape index (κ3) is 3.47. The highest BCUT2D eigenvalue weighted by Crippen LogP contribution is 2.24. The number of nitrogens with zero attached hydrogens (tertiary/aromatic N) is 2. The van der Waals surface area contributed by atoms with Gasteiger partial charge in [0, 0.05) is 13.7 Å². The summed E-state index contributed by atoms with van der Waals surface area (Å²) in [5.74, 6) is 1.17. The van der Waals surface area contributed by atoms with Crippen molar-refractivity contribution in [1.82, 2.24) is 4.90 Å². The Morgan fingerprint density at radius 2 is 2.16 bits per heavy atom. The first-order valence-electron chi connectivity index (χ1n) is 6.82. The Labute approximate surface area is 115 Å². The summed E-state index contributed by atoms with van der Waals surface area (Å²) < 4.78 is 5.14. The first-order valence-corrected chi connectivity index (χ1v) is 6.82. The largest absolute Gasteiger partial charge is 0.383 e. The second-order valence-corrected chi connectivity index (χ2v) is 5.09. The summed E-state index contributed by atoms with van der Waals surface area (Å²) in [5.41, 5.74) is 7.32. The van der Waals surface area contributed by atoms with Crippen molar-refractivity contribution in [3.63, 3.8) is 0 Å². The van der Waals surface area contributed by atoms with Crippen molar-refractivity contribution in [2.45, 2.75) is 25.3 Å². The highest BCUT2D eigenvalue weighted by molar-refractivity contribution is 5.80. The molecule has 2 rings (SSSR count). The molecule has 0 radical (unpaired) electrons. The maximum atomic E-state index is 5.94. The summed E-state index contributed by atoms with van der Waals surface area (Å²) in [7, 11) is 1.71. The predicted molar refractivity (Wildman–Crippen MR) is 78.3 cm³/mol. The number of guanidine groups is 1. The Bertz CT molecular complexity index is 419. The zero-order valence-corrected chi connectivity index (χ0v) is 11.7. The molecule has 0 saturated carbocycles. The van der Waals surface area contributed by atoms with Gasteiger partial charge < -0.3 is 15.4 Å². The van der Waals surface area contributed by atoms with E-state index >= 15 is 0 Å². The molecule has 1 aromatic carbocycles. The van der Waals surface area contributed by atoms with Crippen molar-refractivity contribution in [2.24, 2.45) is 10.7 Å². The van der Waals surface area contributed by atoms with E-state index in [0.29, 0.717) is 24.5 Å². The van der Waals surface area contributed by atoms with Gasteiger partial charge in [-0.15, -0.1) is 0 Å². The molecule has 0 aliphatic carbocycles. The van der Waals surface area contributed by atoms with Crippen LogP contribution in [0.15, 0.2) is 35.3 Å². The zero-order valence-electron chi connectivity index (χ0n) is 11.7. The monoisotopic (exact) mass is 261 g/mol. The molecule has 1 aromatic rings. The molecule has 1 aliphatic heterocycles. The molecule has 0 aromatic heterocycles. The smallest absolute Gasteiger partial charge is 0.191 e. The van der Waals surface area contributed by atoms with E-state index in [4.69, 9.17) is 10.5 Å². The summed E-state index contributed by atoms with van der Waals surface area (Å²) in [5, 5.41) is 0. The number of methoxy groups -OCH3 is 1. The van der Waals surface area contributed by atoms with Crippen LogP contribution in [-0.2, 0) is 4.74 Å². The zero-order chi connectivity index (χ0) is 13.7. The number of nitrogens with two attached hydrogens (primary N) is 1. The Morgan fingerprint density at radius 1 is 1.42 bits per heavy atom. The maximum absolute atomic E-state index is 5.94. The van der Waals surface area contributed by atoms with Crippen LogP contribution < -0.4 is 5.73 Å². The predicted octanol–water partition coefficient (Wildman–Crippen LogP) is 1.83. The van der Waals surface area contributed by atoms with Crippen LogP contribution in [0.1, 0.15) is 24.8 Å². The Morgan fingerprint density at radius 3 is 2.84 bits per heavy atom. The Hall–Kier alpha value is -1.55. The maximum Gasteiger partial charge on any atom is 0.191 e. The number of rotatable bonds is 6. The lowest BCUT2D eigenvalue weighted by atomic mass is 9.93. The Kier molecular flexibility index (Phi) is 4.80. The molecule has 0 bridgehead atoms. The van der Waals surface area contributed by atoms with E-state index in [1.54, 1.807) is 7.11 Å². The van der Waals surface area contributed by atoms with Crippen LogP contribution >= 0.6 is 0 Å². The van der Waals surface area contributed by atoms with E-state index in [1.165, 1.54) is 5.56 Å². The van der Waals surface area contributed by atoms with Gasteiger partial charge in [-0.1, -0.05) is 37.3 Å². The normalized spacial score (nSPS) is 20.4. The van der Waals surface area contributed by atoms with Gasteiger partial charge in [-0.3, -0.25) is 4.99 Å². The van der Waals surface area contributed by atoms with Crippen LogP contribution in [0.25, 0.3) is 0 Å². The fourth-order valence-electron chi connectivity index (χ4n) is 2.59. The first kappa shape index (κ1) is 13.9. The summed E-state index contributed by atoms with van der Waals surface area (Å²) in [4.78, 5) is 6.53. The van der Waals surface area contributed by atoms with Gasteiger partial charge in [0.05, 0.1) is 19.2 Å². The van der Waals surface area contributed by atoms with Crippen molar-refractivity contribution >= 4 is 5.96 Å². The second-order valence-electron chi connectivity index (χ2n) is 5.09. The van der Waals surface area contributed by atoms with E-state index in [-0.39, 0.29) is 0 Å². The lowest BCUT2D eigenvalue weighted by Crippen LogP contribution is -2.43. The third-order valence-corrected chi connectivity index (χ3v) is 3.73. The van der Waals surface area contributed by atoms with Crippen LogP contribution in [0.4, 0.5) is 0 Å². The minimum atomic E-state index is 0.394. The van der Waals surface area contributed by atoms with Gasteiger partial charge in [-0.2, -0.15) is 0 Å². The molecule has 1 heterocycles. The molecule has 0 spiro atoms. The quantitative estimate of drug-likeness (QED) is 0.850. The van der Waals surface area contributed by atoms with Crippen LogP contribution in [0, 0.1) is 0 Å². The molecular weight excluding hydrogens is 238 g/mol. The molecule has 4 nitrogen and oxygen atoms in total. The third-order valence-electron chi connectivity index (χ3n) is 3.73. The number of aliphatic imine (C=N–C) groups is 1. The molecule has 2 N–H and O–H groups in total. The van der Waals surface area contributed by atoms with Gasteiger partial charge in [0.15, 0.2) is 5.96 Å². The fourth-order valence-corrected chi connectivity index (χ4v) is 2.59. The van der Waals surface area contributed by atoms with Gasteiger partial charge in [-0.05, 0) is 17.9 Å². The number of ether oxygens (including phenoxy) is 1. The van der Waals surface area contributed by atoms with E-state index in [1.807, 2.05) is 0 Å². The Balaban J connectivity index is 1.95. The van der Waals surface area contributed by atoms with Crippen LogP contribution in [-0.4, -0.2) is 43.7 Å². The number of benzene rings is 1. The minimum Gasteiger partial charge on any atom is -0.383 e. The lowest BCUT2D eigenvalue weighted by molar-refractivity contribution is 0.163. The van der Waals surface area contributed by atoms with Gasteiger partial charge in [0.25, 0.3) is 0 Å². The van der Waals surface area contributed by atoms with Crippen LogP contribution in [0.5, 0.6) is 0 Å². The molecule has 104 valence electrons. The van der Waals surface area contributed by atoms with E-state index < -0.39 is 0 Å². The summed E-state index contributed by atoms with van der Waals surface area (Å²) in [6.45, 7) is 4.56. The topological polar surface area (TPSA) is 50.9 Å². The molecule has 1 aliphatic rings. The second kappa shape index (κ2) is 6.57. The number of hydrogen-bond donors (Lipinski definition) is 1. The summed E-state index contributed by atoms with van der Waals surface area (Å²) >= 11 is 0. The van der Waals surface area contributed by atoms with Gasteiger partial charge in [0.2, 0.25) is 0 Å². The molecule has 4 heteroatoms. The van der Waals surface area contributed by atoms with Gasteiger partial charge in [0.1, 0.15) is 0 Å². The average Bonchev–Trinajstić information content (AvgIpc) is 2.78. The highest BCUT2D eigenvalue weighted by atomic mass is 16.5. The van der Waals surface area contributed by atoms with Crippen LogP contribution in [0.2, 0.25) is 0 Å². The van der Waals surface area contributed by atoms with Crippen molar-refractivity contribution < 1.29 is 4.74 Å². The molecule has 0 fully saturated rings. The van der Waals surface area contributed by atoms with Gasteiger partial charge in [-0.25, -0.2) is 0 Å². The van der Waals surface area contributed by atoms with Crippen LogP contribution in [0.3, 0.4) is 0 Å². The SMILES string of the molecule is COCCN1C(N)=NCC1CC(C)c1ccccc1. The van der Waals surface area contributed by atoms with Crippen molar-refractivity contribution in [2.75, 3.05) is 26.8 Å². The standard InChI is InChI=1S/C15H23N3O/c1-12(13-6-4-3-5-7-13)10-14-11-17-15(16)18(14)8-9-19-2/h3-7,12,14H,8-11H2,1-2H3,(H2,16,17). The lowest BCUT2D eigenvalue weighted by Gasteiger charge is -2.28. The van der Waals surface area contributed by atoms with Gasteiger partial charge >= 0.3 is 0 Å². The highest BCUT2D eigenvalue weighted by Gasteiger charge is 2.27. The minimum absolute atomic E-state index is 0.394. The van der Waals surface area contributed by atoms with Crippen molar-refractivity contribution in [3.8, 4) is 0 Å². The van der Waals surface area contributed by atoms with Crippen molar-refractivity contribution in [3.05, 3.63) is 35.9 Å². The number of hydrogen-bond acceptors (Lipinski definition) is 4. The molecular formula is C15H23N3O. The fraction of sp³-hybridized carbons (Fsp3) is 0.533. The molecule has 2 atom stereocenters. The first-order chi connectivity index (χ1) is 9.22. The van der Waals surface area contributed by atoms with Crippen molar-refractivity contribution in [1.29, 1.82) is 0 Å². The van der Waals surface area contributed by atoms with E-state index in [0.717, 1.165) is 19.5 Å². The van der Waals surface area contributed by atoms with E-state index in [2.05, 4.69) is 47.1 Å². The summed E-state index contributed by atoms with van der Waals surface area (Å²) in [6, 6.07) is 11.0. The molecule has 0 amide bonds. The summed E-state index contributed by atoms with van der Waals surface area (Å²) in [6.07, 6.45) is 1.07. The average molecular weight is 261 g/mol. The molecule has 2 unspecified atom stereocenters. The molecule has 19 heavy (non-hydrogen) atoms. The van der Waals surface area contributed by atoms with E-state index in [9.17, 15) is 0 Å². The molecule has 0 saturated heterocycles.